The maximum atomic E-state index is 13.2. The normalized spacial score (nSPS) is 15.7. The third kappa shape index (κ3) is 7.83. The van der Waals surface area contributed by atoms with Gasteiger partial charge in [-0.05, 0) is 49.9 Å². The molecular weight excluding hydrogens is 540 g/mol. The Bertz CT molecular complexity index is 937. The van der Waals surface area contributed by atoms with E-state index >= 15 is 0 Å². The summed E-state index contributed by atoms with van der Waals surface area (Å²) in [6.45, 7) is 3.58. The zero-order valence-corrected chi connectivity index (χ0v) is 21.0. The van der Waals surface area contributed by atoms with Crippen LogP contribution in [0.1, 0.15) is 30.5 Å². The van der Waals surface area contributed by atoms with E-state index in [9.17, 15) is 9.65 Å². The number of aliphatic imine (C=N–C) groups is 1. The molecule has 2 aromatic rings. The SMILES string of the molecule is CN=C(NCCCOC1CCOC1)NCCCc1nn(-c2ccc(F)cc2)c(N)c1C#N.I. The van der Waals surface area contributed by atoms with Gasteiger partial charge in [-0.15, -0.1) is 24.0 Å². The van der Waals surface area contributed by atoms with Crippen LogP contribution in [0, 0.1) is 17.1 Å². The monoisotopic (exact) mass is 571 g/mol. The molecule has 0 aliphatic carbocycles. The molecular formula is C22H31FIN7O2. The summed E-state index contributed by atoms with van der Waals surface area (Å²) in [7, 11) is 1.72. The highest BCUT2D eigenvalue weighted by Gasteiger charge is 2.17. The highest BCUT2D eigenvalue weighted by Crippen LogP contribution is 2.21. The maximum absolute atomic E-state index is 13.2. The molecule has 33 heavy (non-hydrogen) atoms. The summed E-state index contributed by atoms with van der Waals surface area (Å²) in [5.74, 6) is 0.626. The minimum atomic E-state index is -0.343. The van der Waals surface area contributed by atoms with E-state index in [1.165, 1.54) is 16.8 Å². The molecule has 2 heterocycles. The van der Waals surface area contributed by atoms with Crippen LogP contribution in [-0.4, -0.2) is 61.8 Å². The van der Waals surface area contributed by atoms with Crippen LogP contribution in [0.5, 0.6) is 0 Å². The smallest absolute Gasteiger partial charge is 0.190 e. The Morgan fingerprint density at radius 1 is 1.33 bits per heavy atom. The molecule has 1 fully saturated rings. The molecule has 1 aromatic carbocycles. The van der Waals surface area contributed by atoms with Crippen molar-refractivity contribution in [1.82, 2.24) is 20.4 Å². The van der Waals surface area contributed by atoms with Crippen molar-refractivity contribution in [2.24, 2.45) is 4.99 Å². The van der Waals surface area contributed by atoms with Crippen molar-refractivity contribution in [1.29, 1.82) is 5.26 Å². The van der Waals surface area contributed by atoms with Crippen molar-refractivity contribution in [2.45, 2.75) is 31.8 Å². The Morgan fingerprint density at radius 2 is 2.06 bits per heavy atom. The average Bonchev–Trinajstić information content (AvgIpc) is 3.43. The van der Waals surface area contributed by atoms with E-state index in [-0.39, 0.29) is 41.7 Å². The second-order valence-electron chi connectivity index (χ2n) is 7.45. The van der Waals surface area contributed by atoms with Crippen molar-refractivity contribution in [3.8, 4) is 11.8 Å². The van der Waals surface area contributed by atoms with Crippen molar-refractivity contribution >= 4 is 35.8 Å². The Hall–Kier alpha value is -2.43. The highest BCUT2D eigenvalue weighted by atomic mass is 127. The summed E-state index contributed by atoms with van der Waals surface area (Å²) >= 11 is 0. The number of rotatable bonds is 10. The minimum Gasteiger partial charge on any atom is -0.382 e. The van der Waals surface area contributed by atoms with Crippen molar-refractivity contribution in [3.05, 3.63) is 41.3 Å². The number of benzene rings is 1. The first kappa shape index (κ1) is 26.8. The molecule has 0 amide bonds. The number of nitrogens with zero attached hydrogens (tertiary/aromatic N) is 4. The first-order valence-corrected chi connectivity index (χ1v) is 10.8. The number of aryl methyl sites for hydroxylation is 1. The van der Waals surface area contributed by atoms with E-state index in [4.69, 9.17) is 15.2 Å². The number of hydrogen-bond donors (Lipinski definition) is 3. The van der Waals surface area contributed by atoms with Gasteiger partial charge in [-0.1, -0.05) is 0 Å². The van der Waals surface area contributed by atoms with Gasteiger partial charge in [0, 0.05) is 33.4 Å². The molecule has 180 valence electrons. The lowest BCUT2D eigenvalue weighted by atomic mass is 10.1. The third-order valence-corrected chi connectivity index (χ3v) is 5.14. The summed E-state index contributed by atoms with van der Waals surface area (Å²) in [6.07, 6.45) is 3.38. The van der Waals surface area contributed by atoms with Crippen LogP contribution < -0.4 is 16.4 Å². The van der Waals surface area contributed by atoms with Crippen LogP contribution in [0.15, 0.2) is 29.3 Å². The molecule has 1 aliphatic heterocycles. The quantitative estimate of drug-likeness (QED) is 0.173. The zero-order valence-electron chi connectivity index (χ0n) is 18.7. The van der Waals surface area contributed by atoms with Crippen LogP contribution in [0.25, 0.3) is 5.69 Å². The fourth-order valence-electron chi connectivity index (χ4n) is 3.41. The Labute approximate surface area is 210 Å². The van der Waals surface area contributed by atoms with Crippen molar-refractivity contribution in [2.75, 3.05) is 45.7 Å². The topological polar surface area (TPSA) is 123 Å². The van der Waals surface area contributed by atoms with Gasteiger partial charge in [0.2, 0.25) is 0 Å². The van der Waals surface area contributed by atoms with Gasteiger partial charge in [0.05, 0.1) is 24.1 Å². The number of nitrogen functional groups attached to an aromatic ring is 1. The summed E-state index contributed by atoms with van der Waals surface area (Å²) in [5, 5.41) is 20.5. The number of aromatic nitrogens is 2. The molecule has 0 radical (unpaired) electrons. The molecule has 9 nitrogen and oxygen atoms in total. The van der Waals surface area contributed by atoms with Gasteiger partial charge in [-0.25, -0.2) is 9.07 Å². The first-order chi connectivity index (χ1) is 15.6. The van der Waals surface area contributed by atoms with Crippen LogP contribution in [0.4, 0.5) is 10.2 Å². The number of anilines is 1. The van der Waals surface area contributed by atoms with E-state index in [0.717, 1.165) is 32.4 Å². The fraction of sp³-hybridized carbons (Fsp3) is 0.500. The fourth-order valence-corrected chi connectivity index (χ4v) is 3.41. The van der Waals surface area contributed by atoms with Crippen LogP contribution >= 0.6 is 24.0 Å². The molecule has 0 bridgehead atoms. The highest BCUT2D eigenvalue weighted by molar-refractivity contribution is 14.0. The van der Waals surface area contributed by atoms with Crippen LogP contribution in [0.2, 0.25) is 0 Å². The minimum absolute atomic E-state index is 0. The van der Waals surface area contributed by atoms with Gasteiger partial charge in [-0.3, -0.25) is 4.99 Å². The van der Waals surface area contributed by atoms with Gasteiger partial charge in [0.1, 0.15) is 23.3 Å². The molecule has 11 heteroatoms. The van der Waals surface area contributed by atoms with E-state index < -0.39 is 0 Å². The number of nitrogens with one attached hydrogen (secondary N) is 2. The zero-order chi connectivity index (χ0) is 22.8. The second-order valence-corrected chi connectivity index (χ2v) is 7.45. The lowest BCUT2D eigenvalue weighted by Gasteiger charge is -2.13. The first-order valence-electron chi connectivity index (χ1n) is 10.8. The molecule has 4 N–H and O–H groups in total. The van der Waals surface area contributed by atoms with Crippen molar-refractivity contribution in [3.63, 3.8) is 0 Å². The predicted octanol–water partition coefficient (Wildman–Crippen LogP) is 2.38. The molecule has 1 aromatic heterocycles. The molecule has 0 saturated carbocycles. The lowest BCUT2D eigenvalue weighted by Crippen LogP contribution is -2.38. The van der Waals surface area contributed by atoms with Crippen LogP contribution in [0.3, 0.4) is 0 Å². The Morgan fingerprint density at radius 3 is 2.70 bits per heavy atom. The average molecular weight is 571 g/mol. The standard InChI is InChI=1S/C22H30FN7O2.HI/c1-26-22(28-11-3-12-32-18-9-13-31-15-18)27-10-2-4-20-19(14-24)21(25)30(29-20)17-7-5-16(23)6-8-17;/h5-8,18H,2-4,9-13,15,25H2,1H3,(H2,26,27,28);1H. The molecule has 0 spiro atoms. The summed E-state index contributed by atoms with van der Waals surface area (Å²) in [5.41, 5.74) is 7.68. The summed E-state index contributed by atoms with van der Waals surface area (Å²) in [4.78, 5) is 4.22. The van der Waals surface area contributed by atoms with Crippen LogP contribution in [-0.2, 0) is 15.9 Å². The largest absolute Gasteiger partial charge is 0.382 e. The molecule has 1 atom stereocenters. The summed E-state index contributed by atoms with van der Waals surface area (Å²) in [6, 6.07) is 7.95. The van der Waals surface area contributed by atoms with Gasteiger partial charge in [-0.2, -0.15) is 10.4 Å². The molecule has 1 unspecified atom stereocenters. The number of nitriles is 1. The number of nitrogens with two attached hydrogens (primary N) is 1. The number of guanidine groups is 1. The maximum Gasteiger partial charge on any atom is 0.190 e. The van der Waals surface area contributed by atoms with E-state index in [1.807, 2.05) is 0 Å². The number of halogens is 2. The van der Waals surface area contributed by atoms with E-state index in [0.29, 0.717) is 49.1 Å². The third-order valence-electron chi connectivity index (χ3n) is 5.14. The van der Waals surface area contributed by atoms with Gasteiger partial charge < -0.3 is 25.8 Å². The molecule has 1 aliphatic rings. The van der Waals surface area contributed by atoms with E-state index in [1.54, 1.807) is 19.2 Å². The second kappa shape index (κ2) is 14.0. The van der Waals surface area contributed by atoms with Crippen molar-refractivity contribution < 1.29 is 13.9 Å². The lowest BCUT2D eigenvalue weighted by molar-refractivity contribution is 0.0420. The predicted molar refractivity (Wildman–Crippen MR) is 136 cm³/mol. The summed E-state index contributed by atoms with van der Waals surface area (Å²) < 4.78 is 25.7. The Balaban J connectivity index is 0.00000385. The van der Waals surface area contributed by atoms with E-state index in [2.05, 4.69) is 26.8 Å². The van der Waals surface area contributed by atoms with Gasteiger partial charge in [0.25, 0.3) is 0 Å². The number of hydrogen-bond acceptors (Lipinski definition) is 6. The number of ether oxygens (including phenoxy) is 2. The van der Waals surface area contributed by atoms with Gasteiger partial charge >= 0.3 is 0 Å². The molecule has 1 saturated heterocycles. The van der Waals surface area contributed by atoms with Gasteiger partial charge in [0.15, 0.2) is 5.96 Å². The Kier molecular flexibility index (Phi) is 11.4. The molecule has 3 rings (SSSR count).